The van der Waals surface area contributed by atoms with E-state index >= 15 is 0 Å². The molecule has 2 aromatic heterocycles. The average Bonchev–Trinajstić information content (AvgIpc) is 3.01. The van der Waals surface area contributed by atoms with Crippen LogP contribution in [0.25, 0.3) is 0 Å². The second kappa shape index (κ2) is 6.88. The lowest BCUT2D eigenvalue weighted by Gasteiger charge is -2.17. The summed E-state index contributed by atoms with van der Waals surface area (Å²) in [6.45, 7) is 0. The van der Waals surface area contributed by atoms with Gasteiger partial charge in [0.05, 0.1) is 32.7 Å². The van der Waals surface area contributed by atoms with Crippen molar-refractivity contribution in [2.45, 2.75) is 18.9 Å². The molecule has 0 saturated heterocycles. The minimum absolute atomic E-state index is 0.187. The van der Waals surface area contributed by atoms with Crippen molar-refractivity contribution in [3.63, 3.8) is 0 Å². The van der Waals surface area contributed by atoms with E-state index in [1.54, 1.807) is 6.26 Å². The van der Waals surface area contributed by atoms with Crippen molar-refractivity contribution in [1.82, 2.24) is 15.4 Å². The third kappa shape index (κ3) is 3.25. The Morgan fingerprint density at radius 1 is 1.40 bits per heavy atom. The smallest absolute Gasteiger partial charge is 0.240 e. The number of nitrogens with zero attached hydrogens (tertiary/aromatic N) is 2. The van der Waals surface area contributed by atoms with Gasteiger partial charge in [-0.1, -0.05) is 0 Å². The number of hydrazine groups is 1. The zero-order valence-corrected chi connectivity index (χ0v) is 11.5. The molecule has 1 atom stereocenters. The van der Waals surface area contributed by atoms with Crippen LogP contribution in [0.4, 0.5) is 0 Å². The van der Waals surface area contributed by atoms with Crippen molar-refractivity contribution >= 4 is 0 Å². The standard InChI is InChI=1S/C13H18N4O3/c1-18-11-8-15-12(13(16-11)19-2)10(17-14)6-5-9-4-3-7-20-9/h3-4,7-8,10,17H,5-6,14H2,1-2H3. The molecule has 0 spiro atoms. The summed E-state index contributed by atoms with van der Waals surface area (Å²) in [6, 6.07) is 3.59. The molecule has 0 fully saturated rings. The lowest BCUT2D eigenvalue weighted by molar-refractivity contribution is 0.346. The highest BCUT2D eigenvalue weighted by molar-refractivity contribution is 5.25. The molecule has 0 saturated carbocycles. The fraction of sp³-hybridized carbons (Fsp3) is 0.385. The molecule has 2 aromatic rings. The maximum atomic E-state index is 5.60. The first-order valence-electron chi connectivity index (χ1n) is 6.22. The number of aromatic nitrogens is 2. The van der Waals surface area contributed by atoms with Crippen molar-refractivity contribution in [3.8, 4) is 11.8 Å². The Balaban J connectivity index is 2.13. The molecule has 108 valence electrons. The van der Waals surface area contributed by atoms with Crippen LogP contribution >= 0.6 is 0 Å². The highest BCUT2D eigenvalue weighted by atomic mass is 16.5. The molecule has 1 unspecified atom stereocenters. The first kappa shape index (κ1) is 14.3. The van der Waals surface area contributed by atoms with Crippen molar-refractivity contribution in [2.24, 2.45) is 5.84 Å². The molecule has 0 bridgehead atoms. The highest BCUT2D eigenvalue weighted by Crippen LogP contribution is 2.25. The van der Waals surface area contributed by atoms with Crippen molar-refractivity contribution in [2.75, 3.05) is 14.2 Å². The number of nitrogens with two attached hydrogens (primary N) is 1. The molecule has 0 amide bonds. The van der Waals surface area contributed by atoms with Gasteiger partial charge in [0, 0.05) is 6.42 Å². The highest BCUT2D eigenvalue weighted by Gasteiger charge is 2.19. The lowest BCUT2D eigenvalue weighted by Crippen LogP contribution is -2.29. The van der Waals surface area contributed by atoms with Crippen LogP contribution in [0.2, 0.25) is 0 Å². The van der Waals surface area contributed by atoms with E-state index < -0.39 is 0 Å². The number of rotatable bonds is 7. The second-order valence-electron chi connectivity index (χ2n) is 4.14. The van der Waals surface area contributed by atoms with Crippen molar-refractivity contribution in [3.05, 3.63) is 36.0 Å². The van der Waals surface area contributed by atoms with Crippen molar-refractivity contribution in [1.29, 1.82) is 0 Å². The van der Waals surface area contributed by atoms with Crippen LogP contribution in [0, 0.1) is 0 Å². The largest absolute Gasteiger partial charge is 0.480 e. The molecule has 7 nitrogen and oxygen atoms in total. The molecule has 20 heavy (non-hydrogen) atoms. The first-order valence-corrected chi connectivity index (χ1v) is 6.22. The van der Waals surface area contributed by atoms with E-state index in [2.05, 4.69) is 15.4 Å². The van der Waals surface area contributed by atoms with Gasteiger partial charge in [0.2, 0.25) is 11.8 Å². The summed E-state index contributed by atoms with van der Waals surface area (Å²) in [5.41, 5.74) is 3.37. The molecule has 7 heteroatoms. The summed E-state index contributed by atoms with van der Waals surface area (Å²) in [6.07, 6.45) is 4.63. The van der Waals surface area contributed by atoms with E-state index in [9.17, 15) is 0 Å². The van der Waals surface area contributed by atoms with Crippen LogP contribution in [0.1, 0.15) is 23.9 Å². The van der Waals surface area contributed by atoms with Gasteiger partial charge in [0.1, 0.15) is 11.5 Å². The zero-order chi connectivity index (χ0) is 14.4. The summed E-state index contributed by atoms with van der Waals surface area (Å²) >= 11 is 0. The van der Waals surface area contributed by atoms with Gasteiger partial charge in [-0.3, -0.25) is 11.3 Å². The number of furan rings is 1. The third-order valence-corrected chi connectivity index (χ3v) is 2.94. The van der Waals surface area contributed by atoms with E-state index in [0.717, 1.165) is 12.2 Å². The molecular weight excluding hydrogens is 260 g/mol. The SMILES string of the molecule is COc1cnc(C(CCc2ccco2)NN)c(OC)n1. The van der Waals surface area contributed by atoms with Gasteiger partial charge in [-0.25, -0.2) is 4.98 Å². The van der Waals surface area contributed by atoms with Gasteiger partial charge in [-0.2, -0.15) is 4.98 Å². The molecule has 0 aliphatic heterocycles. The molecule has 2 heterocycles. The summed E-state index contributed by atoms with van der Waals surface area (Å²) in [5, 5.41) is 0. The monoisotopic (exact) mass is 278 g/mol. The Morgan fingerprint density at radius 2 is 2.25 bits per heavy atom. The number of methoxy groups -OCH3 is 2. The second-order valence-corrected chi connectivity index (χ2v) is 4.14. The Bertz CT molecular complexity index is 530. The van der Waals surface area contributed by atoms with Crippen LogP contribution in [-0.2, 0) is 6.42 Å². The summed E-state index contributed by atoms with van der Waals surface area (Å²) in [5.74, 6) is 7.29. The summed E-state index contributed by atoms with van der Waals surface area (Å²) < 4.78 is 15.6. The number of hydrogen-bond acceptors (Lipinski definition) is 7. The topological polar surface area (TPSA) is 95.4 Å². The Hall–Kier alpha value is -2.12. The van der Waals surface area contributed by atoms with Gasteiger partial charge in [0.15, 0.2) is 0 Å². The summed E-state index contributed by atoms with van der Waals surface area (Å²) in [4.78, 5) is 8.50. The first-order chi connectivity index (χ1) is 9.78. The van der Waals surface area contributed by atoms with Crippen LogP contribution in [-0.4, -0.2) is 24.2 Å². The van der Waals surface area contributed by atoms with Crippen LogP contribution < -0.4 is 20.7 Å². The quantitative estimate of drug-likeness (QED) is 0.580. The number of nitrogens with one attached hydrogen (secondary N) is 1. The Morgan fingerprint density at radius 3 is 2.85 bits per heavy atom. The average molecular weight is 278 g/mol. The minimum atomic E-state index is -0.187. The number of aryl methyl sites for hydroxylation is 1. The van der Waals surface area contributed by atoms with E-state index in [1.807, 2.05) is 12.1 Å². The Labute approximate surface area is 117 Å². The van der Waals surface area contributed by atoms with Gasteiger partial charge in [0.25, 0.3) is 0 Å². The minimum Gasteiger partial charge on any atom is -0.480 e. The zero-order valence-electron chi connectivity index (χ0n) is 11.5. The van der Waals surface area contributed by atoms with Crippen LogP contribution in [0.5, 0.6) is 11.8 Å². The fourth-order valence-corrected chi connectivity index (χ4v) is 1.89. The van der Waals surface area contributed by atoms with E-state index in [-0.39, 0.29) is 6.04 Å². The molecule has 2 rings (SSSR count). The predicted octanol–water partition coefficient (Wildman–Crippen LogP) is 1.22. The van der Waals surface area contributed by atoms with E-state index in [4.69, 9.17) is 19.7 Å². The van der Waals surface area contributed by atoms with Gasteiger partial charge < -0.3 is 13.9 Å². The predicted molar refractivity (Wildman–Crippen MR) is 72.2 cm³/mol. The summed E-state index contributed by atoms with van der Waals surface area (Å²) in [7, 11) is 3.06. The Kier molecular flexibility index (Phi) is 4.91. The van der Waals surface area contributed by atoms with E-state index in [0.29, 0.717) is 23.9 Å². The van der Waals surface area contributed by atoms with Crippen LogP contribution in [0.3, 0.4) is 0 Å². The number of ether oxygens (including phenoxy) is 2. The maximum absolute atomic E-state index is 5.60. The van der Waals surface area contributed by atoms with Crippen molar-refractivity contribution < 1.29 is 13.9 Å². The molecule has 0 aromatic carbocycles. The maximum Gasteiger partial charge on any atom is 0.240 e. The molecule has 0 aliphatic rings. The number of hydrogen-bond donors (Lipinski definition) is 2. The van der Waals surface area contributed by atoms with E-state index in [1.165, 1.54) is 20.4 Å². The molecular formula is C13H18N4O3. The lowest BCUT2D eigenvalue weighted by atomic mass is 10.1. The van der Waals surface area contributed by atoms with Crippen LogP contribution in [0.15, 0.2) is 29.0 Å². The molecule has 0 radical (unpaired) electrons. The van der Waals surface area contributed by atoms with Gasteiger partial charge >= 0.3 is 0 Å². The van der Waals surface area contributed by atoms with Gasteiger partial charge in [-0.15, -0.1) is 0 Å². The molecule has 3 N–H and O–H groups in total. The fourth-order valence-electron chi connectivity index (χ4n) is 1.89. The molecule has 0 aliphatic carbocycles. The third-order valence-electron chi connectivity index (χ3n) is 2.94. The van der Waals surface area contributed by atoms with Gasteiger partial charge in [-0.05, 0) is 18.6 Å². The normalized spacial score (nSPS) is 12.2.